The molecule has 3 heterocycles. The van der Waals surface area contributed by atoms with Crippen LogP contribution in [0.15, 0.2) is 53.0 Å². The minimum absolute atomic E-state index is 0.0711. The molecule has 0 bridgehead atoms. The summed E-state index contributed by atoms with van der Waals surface area (Å²) in [5.74, 6) is 0.483. The molecule has 0 spiro atoms. The van der Waals surface area contributed by atoms with Crippen LogP contribution >= 0.6 is 0 Å². The summed E-state index contributed by atoms with van der Waals surface area (Å²) in [6, 6.07) is 13.1. The number of hydrogen-bond donors (Lipinski definition) is 0. The second-order valence-corrected chi connectivity index (χ2v) is 8.89. The number of carbonyl (C=O) groups excluding carboxylic acids is 1. The average molecular weight is 457 g/mol. The Kier molecular flexibility index (Phi) is 6.78. The number of piperidine rings is 1. The third-order valence-electron chi connectivity index (χ3n) is 6.01. The number of ether oxygens (including phenoxy) is 1. The molecule has 174 valence electrons. The highest BCUT2D eigenvalue weighted by Crippen LogP contribution is 2.32. The third-order valence-corrected chi connectivity index (χ3v) is 6.01. The Hall–Kier alpha value is -3.92. The summed E-state index contributed by atoms with van der Waals surface area (Å²) in [7, 11) is 0. The lowest BCUT2D eigenvalue weighted by molar-refractivity contribution is -0.127. The molecule has 1 aliphatic heterocycles. The fourth-order valence-electron chi connectivity index (χ4n) is 4.15. The standard InChI is InChI=1S/C27H28N4O3/c1-18(2)21-11-10-19(3)15-23(21)34-25-22(27(33)31-14-8-5-9-24(31)29-25)16-20(17-28)26(32)30-12-6-4-7-13-30/h5,8-11,14-16,18H,4,6-7,12-13H2,1-3H3/b20-16+. The number of fused-ring (bicyclic) bond motifs is 1. The molecule has 0 unspecified atom stereocenters. The van der Waals surface area contributed by atoms with Crippen molar-refractivity contribution >= 4 is 17.6 Å². The Balaban J connectivity index is 1.87. The summed E-state index contributed by atoms with van der Waals surface area (Å²) in [6.07, 6.45) is 5.81. The SMILES string of the molecule is Cc1ccc(C(C)C)c(Oc2nc3ccccn3c(=O)c2/C=C(\C#N)C(=O)N2CCCCC2)c1. The molecular formula is C27H28N4O3. The molecule has 0 saturated carbocycles. The number of aromatic nitrogens is 2. The van der Waals surface area contributed by atoms with Gasteiger partial charge in [-0.25, -0.2) is 0 Å². The maximum atomic E-state index is 13.4. The second kappa shape index (κ2) is 9.92. The molecule has 3 aromatic rings. The quantitative estimate of drug-likeness (QED) is 0.405. The highest BCUT2D eigenvalue weighted by molar-refractivity contribution is 6.02. The van der Waals surface area contributed by atoms with E-state index in [1.54, 1.807) is 29.3 Å². The lowest BCUT2D eigenvalue weighted by Gasteiger charge is -2.26. The predicted molar refractivity (Wildman–Crippen MR) is 131 cm³/mol. The first-order valence-electron chi connectivity index (χ1n) is 11.6. The number of likely N-dealkylation sites (tertiary alicyclic amines) is 1. The van der Waals surface area contributed by atoms with E-state index in [0.29, 0.717) is 24.5 Å². The summed E-state index contributed by atoms with van der Waals surface area (Å²) in [4.78, 5) is 32.7. The molecule has 4 rings (SSSR count). The number of nitrogens with zero attached hydrogens (tertiary/aromatic N) is 4. The maximum Gasteiger partial charge on any atom is 0.269 e. The lowest BCUT2D eigenvalue weighted by atomic mass is 10.0. The Morgan fingerprint density at radius 2 is 1.94 bits per heavy atom. The molecule has 0 atom stereocenters. The normalized spacial score (nSPS) is 14.3. The van der Waals surface area contributed by atoms with Gasteiger partial charge in [0, 0.05) is 19.3 Å². The van der Waals surface area contributed by atoms with Gasteiger partial charge in [0.15, 0.2) is 0 Å². The third kappa shape index (κ3) is 4.72. The minimum atomic E-state index is -0.404. The molecule has 1 fully saturated rings. The van der Waals surface area contributed by atoms with Crippen molar-refractivity contribution in [2.45, 2.75) is 46.0 Å². The minimum Gasteiger partial charge on any atom is -0.438 e. The molecule has 2 aromatic heterocycles. The van der Waals surface area contributed by atoms with Crippen LogP contribution in [0, 0.1) is 18.3 Å². The number of hydrogen-bond acceptors (Lipinski definition) is 5. The summed E-state index contributed by atoms with van der Waals surface area (Å²) in [5.41, 5.74) is 1.96. The van der Waals surface area contributed by atoms with Crippen LogP contribution in [0.1, 0.15) is 55.7 Å². The zero-order valence-electron chi connectivity index (χ0n) is 19.7. The fourth-order valence-corrected chi connectivity index (χ4v) is 4.15. The van der Waals surface area contributed by atoms with Crippen molar-refractivity contribution < 1.29 is 9.53 Å². The lowest BCUT2D eigenvalue weighted by Crippen LogP contribution is -2.36. The maximum absolute atomic E-state index is 13.4. The van der Waals surface area contributed by atoms with Gasteiger partial charge in [0.1, 0.15) is 28.6 Å². The molecule has 1 amide bonds. The first-order chi connectivity index (χ1) is 16.4. The Bertz CT molecular complexity index is 1360. The number of carbonyl (C=O) groups is 1. The number of aryl methyl sites for hydroxylation is 1. The van der Waals surface area contributed by atoms with E-state index in [2.05, 4.69) is 18.8 Å². The van der Waals surface area contributed by atoms with Gasteiger partial charge in [-0.2, -0.15) is 10.2 Å². The predicted octanol–water partition coefficient (Wildman–Crippen LogP) is 4.84. The summed E-state index contributed by atoms with van der Waals surface area (Å²) >= 11 is 0. The van der Waals surface area contributed by atoms with Gasteiger partial charge in [0.25, 0.3) is 11.5 Å². The van der Waals surface area contributed by atoms with Gasteiger partial charge in [-0.3, -0.25) is 14.0 Å². The van der Waals surface area contributed by atoms with E-state index >= 15 is 0 Å². The van der Waals surface area contributed by atoms with Gasteiger partial charge in [-0.15, -0.1) is 0 Å². The van der Waals surface area contributed by atoms with Crippen molar-refractivity contribution in [2.24, 2.45) is 0 Å². The highest BCUT2D eigenvalue weighted by Gasteiger charge is 2.23. The van der Waals surface area contributed by atoms with Gasteiger partial charge in [-0.05, 0) is 67.5 Å². The molecule has 34 heavy (non-hydrogen) atoms. The van der Waals surface area contributed by atoms with Crippen molar-refractivity contribution in [1.29, 1.82) is 5.26 Å². The topological polar surface area (TPSA) is 87.7 Å². The molecule has 0 N–H and O–H groups in total. The van der Waals surface area contributed by atoms with Gasteiger partial charge in [0.05, 0.1) is 0 Å². The summed E-state index contributed by atoms with van der Waals surface area (Å²) in [5, 5.41) is 9.79. The number of pyridine rings is 1. The number of amides is 1. The largest absolute Gasteiger partial charge is 0.438 e. The van der Waals surface area contributed by atoms with E-state index in [1.807, 2.05) is 31.2 Å². The number of nitriles is 1. The van der Waals surface area contributed by atoms with E-state index in [-0.39, 0.29) is 28.8 Å². The average Bonchev–Trinajstić information content (AvgIpc) is 2.84. The van der Waals surface area contributed by atoms with Crippen molar-refractivity contribution in [3.05, 3.63) is 75.2 Å². The Labute approximate surface area is 198 Å². The monoisotopic (exact) mass is 456 g/mol. The van der Waals surface area contributed by atoms with Gasteiger partial charge < -0.3 is 9.64 Å². The molecule has 0 radical (unpaired) electrons. The highest BCUT2D eigenvalue weighted by atomic mass is 16.5. The van der Waals surface area contributed by atoms with Crippen LogP contribution in [0.5, 0.6) is 11.6 Å². The summed E-state index contributed by atoms with van der Waals surface area (Å²) < 4.78 is 7.63. The van der Waals surface area contributed by atoms with Crippen LogP contribution in [-0.4, -0.2) is 33.3 Å². The van der Waals surface area contributed by atoms with E-state index in [4.69, 9.17) is 4.74 Å². The van der Waals surface area contributed by atoms with Gasteiger partial charge in [-0.1, -0.05) is 32.0 Å². The fraction of sp³-hybridized carbons (Fsp3) is 0.333. The van der Waals surface area contributed by atoms with E-state index in [1.165, 1.54) is 10.5 Å². The zero-order valence-corrected chi connectivity index (χ0v) is 19.7. The van der Waals surface area contributed by atoms with Crippen molar-refractivity contribution in [3.63, 3.8) is 0 Å². The smallest absolute Gasteiger partial charge is 0.269 e. The van der Waals surface area contributed by atoms with Gasteiger partial charge in [0.2, 0.25) is 5.88 Å². The number of rotatable bonds is 5. The molecule has 1 aliphatic rings. The van der Waals surface area contributed by atoms with Crippen LogP contribution < -0.4 is 10.3 Å². The second-order valence-electron chi connectivity index (χ2n) is 8.89. The van der Waals surface area contributed by atoms with Crippen LogP contribution in [0.4, 0.5) is 0 Å². The van der Waals surface area contributed by atoms with Crippen molar-refractivity contribution in [3.8, 4) is 17.7 Å². The number of benzene rings is 1. The van der Waals surface area contributed by atoms with Crippen molar-refractivity contribution in [2.75, 3.05) is 13.1 Å². The molecule has 7 heteroatoms. The molecule has 7 nitrogen and oxygen atoms in total. The van der Waals surface area contributed by atoms with Crippen LogP contribution in [-0.2, 0) is 4.79 Å². The molecular weight excluding hydrogens is 428 g/mol. The van der Waals surface area contributed by atoms with E-state index in [0.717, 1.165) is 30.4 Å². The van der Waals surface area contributed by atoms with Crippen LogP contribution in [0.3, 0.4) is 0 Å². The Morgan fingerprint density at radius 1 is 1.18 bits per heavy atom. The first kappa shape index (κ1) is 23.2. The van der Waals surface area contributed by atoms with E-state index < -0.39 is 5.56 Å². The van der Waals surface area contributed by atoms with Crippen LogP contribution in [0.2, 0.25) is 0 Å². The zero-order chi connectivity index (χ0) is 24.2. The molecule has 1 aromatic carbocycles. The molecule has 0 aliphatic carbocycles. The van der Waals surface area contributed by atoms with Gasteiger partial charge >= 0.3 is 0 Å². The van der Waals surface area contributed by atoms with Crippen LogP contribution in [0.25, 0.3) is 11.7 Å². The Morgan fingerprint density at radius 3 is 2.65 bits per heavy atom. The first-order valence-corrected chi connectivity index (χ1v) is 11.6. The van der Waals surface area contributed by atoms with E-state index in [9.17, 15) is 14.9 Å². The van der Waals surface area contributed by atoms with Crippen molar-refractivity contribution in [1.82, 2.24) is 14.3 Å². The molecule has 1 saturated heterocycles. The summed E-state index contributed by atoms with van der Waals surface area (Å²) in [6.45, 7) is 7.30.